The van der Waals surface area contributed by atoms with E-state index in [1.54, 1.807) is 12.1 Å². The lowest BCUT2D eigenvalue weighted by molar-refractivity contribution is 0.1000. The lowest BCUT2D eigenvalue weighted by Gasteiger charge is -2.14. The van der Waals surface area contributed by atoms with E-state index in [-0.39, 0.29) is 6.04 Å². The van der Waals surface area contributed by atoms with E-state index in [1.165, 1.54) is 0 Å². The van der Waals surface area contributed by atoms with Gasteiger partial charge in [0, 0.05) is 11.6 Å². The van der Waals surface area contributed by atoms with Crippen LogP contribution in [0, 0.1) is 5.92 Å². The third kappa shape index (κ3) is 3.36. The Morgan fingerprint density at radius 1 is 1.40 bits per heavy atom. The first-order chi connectivity index (χ1) is 7.00. The van der Waals surface area contributed by atoms with Crippen LogP contribution in [0.25, 0.3) is 0 Å². The molecule has 0 radical (unpaired) electrons. The van der Waals surface area contributed by atoms with Gasteiger partial charge >= 0.3 is 0 Å². The molecule has 0 fully saturated rings. The van der Waals surface area contributed by atoms with E-state index in [1.807, 2.05) is 12.1 Å². The summed E-state index contributed by atoms with van der Waals surface area (Å²) in [5.74, 6) is 0.130. The largest absolute Gasteiger partial charge is 0.366 e. The first-order valence-electron chi connectivity index (χ1n) is 5.16. The van der Waals surface area contributed by atoms with Crippen LogP contribution in [0.1, 0.15) is 42.2 Å². The summed E-state index contributed by atoms with van der Waals surface area (Å²) in [4.78, 5) is 11.0. The lowest BCUT2D eigenvalue weighted by Crippen LogP contribution is -2.15. The summed E-state index contributed by atoms with van der Waals surface area (Å²) in [6.07, 6.45) is 0.905. The molecule has 3 heteroatoms. The third-order valence-electron chi connectivity index (χ3n) is 2.32. The monoisotopic (exact) mass is 206 g/mol. The average Bonchev–Trinajstić information content (AvgIpc) is 2.17. The highest BCUT2D eigenvalue weighted by Crippen LogP contribution is 2.19. The molecule has 0 spiro atoms. The zero-order valence-corrected chi connectivity index (χ0v) is 9.23. The van der Waals surface area contributed by atoms with Gasteiger partial charge in [-0.15, -0.1) is 0 Å². The van der Waals surface area contributed by atoms with Crippen LogP contribution in [0.5, 0.6) is 0 Å². The number of hydrogen-bond donors (Lipinski definition) is 2. The first kappa shape index (κ1) is 11.7. The first-order valence-corrected chi connectivity index (χ1v) is 5.16. The normalized spacial score (nSPS) is 12.8. The Labute approximate surface area is 90.5 Å². The number of benzene rings is 1. The van der Waals surface area contributed by atoms with Gasteiger partial charge in [-0.1, -0.05) is 26.0 Å². The van der Waals surface area contributed by atoms with Gasteiger partial charge in [-0.05, 0) is 30.0 Å². The van der Waals surface area contributed by atoms with E-state index in [2.05, 4.69) is 13.8 Å². The van der Waals surface area contributed by atoms with Crippen LogP contribution in [-0.4, -0.2) is 5.91 Å². The molecular weight excluding hydrogens is 188 g/mol. The smallest absolute Gasteiger partial charge is 0.248 e. The maximum atomic E-state index is 11.0. The quantitative estimate of drug-likeness (QED) is 0.789. The molecule has 1 rings (SSSR count). The molecule has 0 bridgehead atoms. The highest BCUT2D eigenvalue weighted by atomic mass is 16.1. The number of nitrogens with two attached hydrogens (primary N) is 2. The highest BCUT2D eigenvalue weighted by Gasteiger charge is 2.09. The summed E-state index contributed by atoms with van der Waals surface area (Å²) in [6, 6.07) is 7.20. The van der Waals surface area contributed by atoms with Crippen molar-refractivity contribution in [1.29, 1.82) is 0 Å². The summed E-state index contributed by atoms with van der Waals surface area (Å²) < 4.78 is 0. The van der Waals surface area contributed by atoms with Crippen molar-refractivity contribution in [3.63, 3.8) is 0 Å². The average molecular weight is 206 g/mol. The molecule has 0 heterocycles. The van der Waals surface area contributed by atoms with Gasteiger partial charge in [0.1, 0.15) is 0 Å². The SMILES string of the molecule is CC(C)CC(N)c1cccc(C(N)=O)c1. The van der Waals surface area contributed by atoms with Crippen molar-refractivity contribution in [2.24, 2.45) is 17.4 Å². The van der Waals surface area contributed by atoms with Crippen molar-refractivity contribution in [2.75, 3.05) is 0 Å². The molecule has 1 aromatic carbocycles. The third-order valence-corrected chi connectivity index (χ3v) is 2.32. The van der Waals surface area contributed by atoms with Gasteiger partial charge in [0.15, 0.2) is 0 Å². The van der Waals surface area contributed by atoms with E-state index in [4.69, 9.17) is 11.5 Å². The summed E-state index contributed by atoms with van der Waals surface area (Å²) in [7, 11) is 0. The van der Waals surface area contributed by atoms with Gasteiger partial charge in [0.2, 0.25) is 5.91 Å². The van der Waals surface area contributed by atoms with Crippen LogP contribution in [0.2, 0.25) is 0 Å². The van der Waals surface area contributed by atoms with Gasteiger partial charge in [-0.2, -0.15) is 0 Å². The van der Waals surface area contributed by atoms with Crippen LogP contribution in [0.3, 0.4) is 0 Å². The fourth-order valence-corrected chi connectivity index (χ4v) is 1.57. The molecule has 0 saturated heterocycles. The van der Waals surface area contributed by atoms with Gasteiger partial charge in [0.25, 0.3) is 0 Å². The van der Waals surface area contributed by atoms with Crippen LogP contribution < -0.4 is 11.5 Å². The lowest BCUT2D eigenvalue weighted by atomic mass is 9.96. The number of hydrogen-bond acceptors (Lipinski definition) is 2. The number of primary amides is 1. The Kier molecular flexibility index (Phi) is 3.86. The predicted octanol–water partition coefficient (Wildman–Crippen LogP) is 1.83. The minimum Gasteiger partial charge on any atom is -0.366 e. The summed E-state index contributed by atoms with van der Waals surface area (Å²) in [5.41, 5.74) is 12.7. The molecule has 1 unspecified atom stereocenters. The Bertz CT molecular complexity index is 347. The standard InChI is InChI=1S/C12H18N2O/c1-8(2)6-11(13)9-4-3-5-10(7-9)12(14)15/h3-5,7-8,11H,6,13H2,1-2H3,(H2,14,15). The Morgan fingerprint density at radius 2 is 2.07 bits per heavy atom. The second-order valence-electron chi connectivity index (χ2n) is 4.23. The predicted molar refractivity (Wildman–Crippen MR) is 61.3 cm³/mol. The van der Waals surface area contributed by atoms with E-state index in [0.29, 0.717) is 11.5 Å². The van der Waals surface area contributed by atoms with Gasteiger partial charge in [-0.25, -0.2) is 0 Å². The maximum absolute atomic E-state index is 11.0. The molecule has 0 saturated carbocycles. The number of amides is 1. The maximum Gasteiger partial charge on any atom is 0.248 e. The molecule has 0 aliphatic heterocycles. The van der Waals surface area contributed by atoms with E-state index in [9.17, 15) is 4.79 Å². The topological polar surface area (TPSA) is 69.1 Å². The number of carbonyl (C=O) groups is 1. The fraction of sp³-hybridized carbons (Fsp3) is 0.417. The Hall–Kier alpha value is -1.35. The molecule has 0 aromatic heterocycles. The zero-order chi connectivity index (χ0) is 11.4. The second-order valence-corrected chi connectivity index (χ2v) is 4.23. The molecule has 0 aliphatic rings. The molecule has 3 nitrogen and oxygen atoms in total. The second kappa shape index (κ2) is 4.94. The summed E-state index contributed by atoms with van der Waals surface area (Å²) in [5, 5.41) is 0. The van der Waals surface area contributed by atoms with Crippen molar-refractivity contribution in [3.05, 3.63) is 35.4 Å². The molecule has 4 N–H and O–H groups in total. The number of carbonyl (C=O) groups excluding carboxylic acids is 1. The Balaban J connectivity index is 2.85. The molecule has 1 atom stereocenters. The van der Waals surface area contributed by atoms with E-state index < -0.39 is 5.91 Å². The molecular formula is C12H18N2O. The minimum absolute atomic E-state index is 0.0238. The minimum atomic E-state index is -0.409. The van der Waals surface area contributed by atoms with E-state index >= 15 is 0 Å². The van der Waals surface area contributed by atoms with Crippen molar-refractivity contribution in [3.8, 4) is 0 Å². The molecule has 1 amide bonds. The molecule has 82 valence electrons. The van der Waals surface area contributed by atoms with Gasteiger partial charge in [-0.3, -0.25) is 4.79 Å². The summed E-state index contributed by atoms with van der Waals surface area (Å²) >= 11 is 0. The number of rotatable bonds is 4. The molecule has 1 aromatic rings. The van der Waals surface area contributed by atoms with Crippen LogP contribution in [-0.2, 0) is 0 Å². The van der Waals surface area contributed by atoms with Crippen LogP contribution >= 0.6 is 0 Å². The zero-order valence-electron chi connectivity index (χ0n) is 9.23. The molecule has 15 heavy (non-hydrogen) atoms. The van der Waals surface area contributed by atoms with Crippen molar-refractivity contribution < 1.29 is 4.79 Å². The van der Waals surface area contributed by atoms with Gasteiger partial charge < -0.3 is 11.5 Å². The van der Waals surface area contributed by atoms with Crippen molar-refractivity contribution in [2.45, 2.75) is 26.3 Å². The van der Waals surface area contributed by atoms with Crippen molar-refractivity contribution in [1.82, 2.24) is 0 Å². The van der Waals surface area contributed by atoms with E-state index in [0.717, 1.165) is 12.0 Å². The highest BCUT2D eigenvalue weighted by molar-refractivity contribution is 5.92. The van der Waals surface area contributed by atoms with Crippen molar-refractivity contribution >= 4 is 5.91 Å². The Morgan fingerprint density at radius 3 is 2.60 bits per heavy atom. The van der Waals surface area contributed by atoms with Gasteiger partial charge in [0.05, 0.1) is 0 Å². The fourth-order valence-electron chi connectivity index (χ4n) is 1.57. The van der Waals surface area contributed by atoms with Crippen LogP contribution in [0.15, 0.2) is 24.3 Å². The molecule has 0 aliphatic carbocycles. The van der Waals surface area contributed by atoms with Crippen LogP contribution in [0.4, 0.5) is 0 Å². The summed E-state index contributed by atoms with van der Waals surface area (Å²) in [6.45, 7) is 4.25.